The van der Waals surface area contributed by atoms with Gasteiger partial charge in [-0.3, -0.25) is 4.79 Å². The van der Waals surface area contributed by atoms with Gasteiger partial charge in [-0.25, -0.2) is 12.8 Å². The molecule has 3 N–H and O–H groups in total. The highest BCUT2D eigenvalue weighted by molar-refractivity contribution is 9.10. The molecule has 0 bridgehead atoms. The summed E-state index contributed by atoms with van der Waals surface area (Å²) in [7, 11) is -1.72. The van der Waals surface area contributed by atoms with Crippen LogP contribution in [0.5, 0.6) is 0 Å². The Balaban J connectivity index is 3.33. The maximum Gasteiger partial charge on any atom is 0.246 e. The Morgan fingerprint density at radius 1 is 1.60 bits per heavy atom. The van der Waals surface area contributed by atoms with Crippen LogP contribution in [0.3, 0.4) is 0 Å². The first kappa shape index (κ1) is 17.2. The Hall–Kier alpha value is -0.900. The molecular formula is C10H12BrClFN3O3S. The Morgan fingerprint density at radius 2 is 2.15 bits per heavy atom. The summed E-state index contributed by atoms with van der Waals surface area (Å²) in [6, 6.07) is 0.938. The highest BCUT2D eigenvalue weighted by Crippen LogP contribution is 2.35. The van der Waals surface area contributed by atoms with Crippen molar-refractivity contribution in [2.75, 3.05) is 26.4 Å². The van der Waals surface area contributed by atoms with Crippen LogP contribution in [0.15, 0.2) is 15.4 Å². The van der Waals surface area contributed by atoms with Gasteiger partial charge in [-0.05, 0) is 22.0 Å². The average molecular weight is 389 g/mol. The molecule has 0 spiro atoms. The van der Waals surface area contributed by atoms with Gasteiger partial charge >= 0.3 is 0 Å². The van der Waals surface area contributed by atoms with Crippen LogP contribution in [0.1, 0.15) is 0 Å². The van der Waals surface area contributed by atoms with Crippen molar-refractivity contribution in [1.82, 2.24) is 9.62 Å². The Labute approximate surface area is 129 Å². The molecule has 10 heteroatoms. The van der Waals surface area contributed by atoms with E-state index >= 15 is 0 Å². The molecule has 0 unspecified atom stereocenters. The molecule has 1 aromatic rings. The highest BCUT2D eigenvalue weighted by atomic mass is 79.9. The molecule has 0 heterocycles. The molecule has 6 nitrogen and oxygen atoms in total. The number of nitrogens with zero attached hydrogens (tertiary/aromatic N) is 1. The van der Waals surface area contributed by atoms with Crippen molar-refractivity contribution in [1.29, 1.82) is 0 Å². The molecule has 20 heavy (non-hydrogen) atoms. The number of nitrogens with two attached hydrogens (primary N) is 1. The summed E-state index contributed by atoms with van der Waals surface area (Å²) >= 11 is 8.73. The highest BCUT2D eigenvalue weighted by Gasteiger charge is 2.28. The summed E-state index contributed by atoms with van der Waals surface area (Å²) < 4.78 is 39.2. The molecule has 112 valence electrons. The van der Waals surface area contributed by atoms with Crippen molar-refractivity contribution in [3.63, 3.8) is 0 Å². The van der Waals surface area contributed by atoms with Gasteiger partial charge in [-0.1, -0.05) is 11.6 Å². The Morgan fingerprint density at radius 3 is 2.65 bits per heavy atom. The minimum Gasteiger partial charge on any atom is -0.395 e. The molecule has 0 saturated carbocycles. The van der Waals surface area contributed by atoms with Crippen molar-refractivity contribution < 1.29 is 17.6 Å². The third-order valence-corrected chi connectivity index (χ3v) is 5.67. The number of nitrogen functional groups attached to an aromatic ring is 1. The van der Waals surface area contributed by atoms with E-state index in [1.807, 2.05) is 0 Å². The van der Waals surface area contributed by atoms with Gasteiger partial charge in [0.25, 0.3) is 0 Å². The third-order valence-electron chi connectivity index (χ3n) is 2.49. The van der Waals surface area contributed by atoms with Gasteiger partial charge in [0.05, 0.1) is 21.7 Å². The smallest absolute Gasteiger partial charge is 0.246 e. The number of carbonyl (C=O) groups excluding carboxylic acids is 1. The van der Waals surface area contributed by atoms with E-state index in [9.17, 15) is 17.6 Å². The number of nitrogens with one attached hydrogen (secondary N) is 1. The minimum absolute atomic E-state index is 0.0455. The molecule has 0 aliphatic heterocycles. The van der Waals surface area contributed by atoms with Gasteiger partial charge in [-0.15, -0.1) is 0 Å². The van der Waals surface area contributed by atoms with Crippen LogP contribution in [0.4, 0.5) is 10.1 Å². The van der Waals surface area contributed by atoms with Gasteiger partial charge in [0, 0.05) is 14.1 Å². The molecule has 1 rings (SSSR count). The minimum atomic E-state index is -4.22. The van der Waals surface area contributed by atoms with Crippen LogP contribution in [-0.4, -0.2) is 39.3 Å². The number of likely N-dealkylation sites (N-methyl/N-ethyl adjacent to an activating group) is 2. The molecule has 1 aromatic carbocycles. The van der Waals surface area contributed by atoms with E-state index in [0.29, 0.717) is 4.31 Å². The molecule has 0 aliphatic carbocycles. The molecule has 1 amide bonds. The van der Waals surface area contributed by atoms with Crippen LogP contribution < -0.4 is 11.1 Å². The quantitative estimate of drug-likeness (QED) is 0.598. The normalized spacial score (nSPS) is 11.7. The number of halogens is 3. The van der Waals surface area contributed by atoms with Crippen molar-refractivity contribution in [3.8, 4) is 0 Å². The molecule has 0 radical (unpaired) electrons. The largest absolute Gasteiger partial charge is 0.395 e. The zero-order valence-corrected chi connectivity index (χ0v) is 13.7. The van der Waals surface area contributed by atoms with Gasteiger partial charge in [0.15, 0.2) is 5.82 Å². The summed E-state index contributed by atoms with van der Waals surface area (Å²) in [5.74, 6) is -1.65. The second kappa shape index (κ2) is 6.25. The average Bonchev–Trinajstić information content (AvgIpc) is 2.39. The molecule has 0 saturated heterocycles. The van der Waals surface area contributed by atoms with Gasteiger partial charge < -0.3 is 11.1 Å². The fourth-order valence-corrected chi connectivity index (χ4v) is 3.11. The number of anilines is 1. The van der Waals surface area contributed by atoms with Crippen LogP contribution in [0, 0.1) is 5.82 Å². The molecular weight excluding hydrogens is 377 g/mol. The van der Waals surface area contributed by atoms with E-state index in [1.54, 1.807) is 0 Å². The van der Waals surface area contributed by atoms with E-state index in [4.69, 9.17) is 17.3 Å². The van der Waals surface area contributed by atoms with Gasteiger partial charge in [0.2, 0.25) is 15.9 Å². The predicted molar refractivity (Wildman–Crippen MR) is 77.4 cm³/mol. The first-order valence-corrected chi connectivity index (χ1v) is 7.84. The Bertz CT molecular complexity index is 654. The summed E-state index contributed by atoms with van der Waals surface area (Å²) in [4.78, 5) is 10.5. The van der Waals surface area contributed by atoms with Crippen molar-refractivity contribution >= 4 is 49.1 Å². The summed E-state index contributed by atoms with van der Waals surface area (Å²) in [5.41, 5.74) is 5.03. The van der Waals surface area contributed by atoms with Crippen LogP contribution in [0.25, 0.3) is 0 Å². The number of sulfonamides is 1. The maximum absolute atomic E-state index is 14.0. The second-order valence-corrected chi connectivity index (χ2v) is 7.05. The molecule has 0 atom stereocenters. The number of hydrogen-bond donors (Lipinski definition) is 2. The maximum atomic E-state index is 14.0. The number of carbonyl (C=O) groups is 1. The van der Waals surface area contributed by atoms with E-state index < -0.39 is 38.9 Å². The summed E-state index contributed by atoms with van der Waals surface area (Å²) in [6.45, 7) is -0.453. The Kier molecular flexibility index (Phi) is 5.36. The van der Waals surface area contributed by atoms with Gasteiger partial charge in [-0.2, -0.15) is 4.31 Å². The lowest BCUT2D eigenvalue weighted by Gasteiger charge is -2.18. The molecule has 0 aliphatic rings. The second-order valence-electron chi connectivity index (χ2n) is 3.83. The fourth-order valence-electron chi connectivity index (χ4n) is 1.32. The first-order valence-electron chi connectivity index (χ1n) is 5.22. The third kappa shape index (κ3) is 3.22. The lowest BCUT2D eigenvalue weighted by atomic mass is 10.3. The molecule has 0 aromatic heterocycles. The zero-order valence-electron chi connectivity index (χ0n) is 10.6. The topological polar surface area (TPSA) is 92.5 Å². The van der Waals surface area contributed by atoms with E-state index in [1.165, 1.54) is 7.05 Å². The number of rotatable bonds is 4. The molecule has 0 fully saturated rings. The predicted octanol–water partition coefficient (Wildman–Crippen LogP) is 1.19. The van der Waals surface area contributed by atoms with E-state index in [-0.39, 0.29) is 9.50 Å². The van der Waals surface area contributed by atoms with E-state index in [0.717, 1.165) is 13.1 Å². The number of hydrogen-bond acceptors (Lipinski definition) is 4. The monoisotopic (exact) mass is 387 g/mol. The fraction of sp³-hybridized carbons (Fsp3) is 0.300. The van der Waals surface area contributed by atoms with Crippen molar-refractivity contribution in [2.45, 2.75) is 4.90 Å². The lowest BCUT2D eigenvalue weighted by Crippen LogP contribution is -2.37. The standard InChI is InChI=1S/C10H12BrClFN3O3S/c1-15-7(17)4-16(2)20(18,19)6-3-5(12)8(11)10(14)9(6)13/h3H,4,14H2,1-2H3,(H,15,17). The van der Waals surface area contributed by atoms with Crippen LogP contribution in [0.2, 0.25) is 5.02 Å². The number of benzene rings is 1. The van der Waals surface area contributed by atoms with Gasteiger partial charge in [0.1, 0.15) is 4.90 Å². The van der Waals surface area contributed by atoms with Crippen LogP contribution >= 0.6 is 27.5 Å². The van der Waals surface area contributed by atoms with E-state index in [2.05, 4.69) is 21.2 Å². The first-order chi connectivity index (χ1) is 9.12. The SMILES string of the molecule is CNC(=O)CN(C)S(=O)(=O)c1cc(Cl)c(Br)c(N)c1F. The van der Waals surface area contributed by atoms with Crippen LogP contribution in [-0.2, 0) is 14.8 Å². The number of amides is 1. The summed E-state index contributed by atoms with van der Waals surface area (Å²) in [6.07, 6.45) is 0. The zero-order chi connectivity index (χ0) is 15.7. The van der Waals surface area contributed by atoms with Crippen molar-refractivity contribution in [2.24, 2.45) is 0 Å². The lowest BCUT2D eigenvalue weighted by molar-refractivity contribution is -0.120. The van der Waals surface area contributed by atoms with Crippen molar-refractivity contribution in [3.05, 3.63) is 21.4 Å². The summed E-state index contributed by atoms with van der Waals surface area (Å²) in [5, 5.41) is 2.22.